The average Bonchev–Trinajstić information content (AvgIpc) is 2.97. The predicted molar refractivity (Wildman–Crippen MR) is 133 cm³/mol. The molecular weight excluding hydrogens is 473 g/mol. The van der Waals surface area contributed by atoms with Gasteiger partial charge in [0.25, 0.3) is 0 Å². The zero-order chi connectivity index (χ0) is 25.1. The fourth-order valence-corrected chi connectivity index (χ4v) is 4.30. The smallest absolute Gasteiger partial charge is 0.444 e. The van der Waals surface area contributed by atoms with Gasteiger partial charge in [0, 0.05) is 57.9 Å². The maximum Gasteiger partial charge on any atom is 0.494 e. The van der Waals surface area contributed by atoms with Crippen molar-refractivity contribution in [2.75, 3.05) is 33.4 Å². The number of hydrogen-bond donors (Lipinski definition) is 0. The summed E-state index contributed by atoms with van der Waals surface area (Å²) in [4.78, 5) is 14.3. The summed E-state index contributed by atoms with van der Waals surface area (Å²) < 4.78 is 29.4. The Kier molecular flexibility index (Phi) is 11.0. The van der Waals surface area contributed by atoms with Crippen LogP contribution in [0.2, 0.25) is 0 Å². The summed E-state index contributed by atoms with van der Waals surface area (Å²) in [6.07, 6.45) is 1.41. The minimum Gasteiger partial charge on any atom is -0.444 e. The molecular formula is C26H42ArBNO6. The normalized spacial score (nSPS) is 20.9. The van der Waals surface area contributed by atoms with Crippen LogP contribution in [0.25, 0.3) is 0 Å². The van der Waals surface area contributed by atoms with E-state index in [-0.39, 0.29) is 68.3 Å². The molecule has 3 rings (SSSR count). The molecule has 198 valence electrons. The molecule has 1 amide bonds. The molecule has 0 bridgehead atoms. The van der Waals surface area contributed by atoms with E-state index in [9.17, 15) is 4.79 Å². The molecule has 9 heteroatoms. The van der Waals surface area contributed by atoms with E-state index in [1.807, 2.05) is 20.8 Å². The second-order valence-electron chi connectivity index (χ2n) is 11.3. The fraction of sp³-hybridized carbons (Fsp3) is 0.731. The predicted octanol–water partition coefficient (Wildman–Crippen LogP) is 4.34. The Hall–Kier alpha value is -0.345. The van der Waals surface area contributed by atoms with E-state index in [4.69, 9.17) is 23.5 Å². The van der Waals surface area contributed by atoms with Crippen molar-refractivity contribution in [3.05, 3.63) is 29.8 Å². The van der Waals surface area contributed by atoms with Gasteiger partial charge in [-0.1, -0.05) is 24.3 Å². The van der Waals surface area contributed by atoms with Crippen LogP contribution >= 0.6 is 0 Å². The van der Waals surface area contributed by atoms with Gasteiger partial charge in [0.2, 0.25) is 0 Å². The van der Waals surface area contributed by atoms with Crippen molar-refractivity contribution in [1.82, 2.24) is 4.90 Å². The van der Waals surface area contributed by atoms with Crippen LogP contribution in [0.15, 0.2) is 24.3 Å². The van der Waals surface area contributed by atoms with Gasteiger partial charge in [-0.3, -0.25) is 0 Å². The third kappa shape index (κ3) is 8.07. The molecule has 2 heterocycles. The standard InChI is InChI=1S/C26H42BNO6.Ar/c1-24(2,3)32-23(29)28-15-13-20(14-16-28)22(31-18-17-30-8)19-9-11-21(12-10-19)27-33-25(4,5)26(6,7)34-27;/h9-12,20,22H,13-18H2,1-8H3;. The molecule has 1 unspecified atom stereocenters. The van der Waals surface area contributed by atoms with Gasteiger partial charge in [-0.15, -0.1) is 0 Å². The molecule has 0 spiro atoms. The molecule has 7 nitrogen and oxygen atoms in total. The summed E-state index contributed by atoms with van der Waals surface area (Å²) in [6.45, 7) is 16.3. The Morgan fingerprint density at radius 2 is 1.60 bits per heavy atom. The van der Waals surface area contributed by atoms with Crippen LogP contribution in [0.1, 0.15) is 73.0 Å². The number of hydrogen-bond acceptors (Lipinski definition) is 6. The first kappa shape index (κ1) is 30.9. The van der Waals surface area contributed by atoms with Crippen molar-refractivity contribution in [3.63, 3.8) is 0 Å². The largest absolute Gasteiger partial charge is 0.494 e. The topological polar surface area (TPSA) is 66.5 Å². The van der Waals surface area contributed by atoms with Gasteiger partial charge in [0.1, 0.15) is 5.60 Å². The first-order valence-electron chi connectivity index (χ1n) is 12.4. The van der Waals surface area contributed by atoms with Gasteiger partial charge in [-0.2, -0.15) is 0 Å². The van der Waals surface area contributed by atoms with Crippen molar-refractivity contribution in [2.24, 2.45) is 5.92 Å². The number of carbonyl (C=O) groups excluding carboxylic acids is 1. The van der Waals surface area contributed by atoms with E-state index in [0.29, 0.717) is 32.2 Å². The van der Waals surface area contributed by atoms with Gasteiger partial charge >= 0.3 is 13.2 Å². The van der Waals surface area contributed by atoms with E-state index in [2.05, 4.69) is 52.0 Å². The van der Waals surface area contributed by atoms with Gasteiger partial charge in [-0.25, -0.2) is 4.79 Å². The summed E-state index contributed by atoms with van der Waals surface area (Å²) in [5.74, 6) is 0.304. The van der Waals surface area contributed by atoms with Crippen LogP contribution in [0.3, 0.4) is 0 Å². The summed E-state index contributed by atoms with van der Waals surface area (Å²) >= 11 is 0. The quantitative estimate of drug-likeness (QED) is 0.398. The molecule has 0 saturated carbocycles. The zero-order valence-electron chi connectivity index (χ0n) is 22.5. The van der Waals surface area contributed by atoms with Crippen LogP contribution in [-0.4, -0.2) is 68.3 Å². The van der Waals surface area contributed by atoms with Gasteiger partial charge in [-0.05, 0) is 78.3 Å². The molecule has 2 saturated heterocycles. The first-order chi connectivity index (χ1) is 15.8. The molecule has 2 fully saturated rings. The molecule has 1 atom stereocenters. The number of rotatable bonds is 7. The van der Waals surface area contributed by atoms with Crippen molar-refractivity contribution < 1.29 is 66.1 Å². The van der Waals surface area contributed by atoms with E-state index in [0.717, 1.165) is 23.9 Å². The van der Waals surface area contributed by atoms with Crippen molar-refractivity contribution in [2.45, 2.75) is 84.2 Å². The molecule has 1 aromatic rings. The number of amides is 1. The van der Waals surface area contributed by atoms with Gasteiger partial charge in [0.15, 0.2) is 0 Å². The Balaban J connectivity index is 0.00000432. The minimum atomic E-state index is -0.487. The Morgan fingerprint density at radius 1 is 1.06 bits per heavy atom. The molecule has 2 aliphatic rings. The van der Waals surface area contributed by atoms with Crippen LogP contribution in [0.4, 0.5) is 4.79 Å². The summed E-state index contributed by atoms with van der Waals surface area (Å²) in [5.41, 5.74) is 0.887. The summed E-state index contributed by atoms with van der Waals surface area (Å²) in [5, 5.41) is 0. The molecule has 2 aliphatic heterocycles. The van der Waals surface area contributed by atoms with E-state index in [1.165, 1.54) is 0 Å². The number of likely N-dealkylation sites (tertiary alicyclic amines) is 1. The molecule has 0 N–H and O–H groups in total. The third-order valence-corrected chi connectivity index (χ3v) is 6.99. The molecule has 0 aliphatic carbocycles. The monoisotopic (exact) mass is 515 g/mol. The second-order valence-corrected chi connectivity index (χ2v) is 11.3. The number of benzene rings is 1. The van der Waals surface area contributed by atoms with Crippen LogP contribution in [-0.2, 0) is 23.5 Å². The van der Waals surface area contributed by atoms with Crippen molar-refractivity contribution in [1.29, 1.82) is 0 Å². The third-order valence-electron chi connectivity index (χ3n) is 6.99. The van der Waals surface area contributed by atoms with Crippen LogP contribution in [0, 0.1) is 43.7 Å². The fourth-order valence-electron chi connectivity index (χ4n) is 4.30. The molecule has 0 radical (unpaired) electrons. The molecule has 0 aromatic heterocycles. The number of nitrogens with zero attached hydrogens (tertiary/aromatic N) is 1. The van der Waals surface area contributed by atoms with E-state index < -0.39 is 5.60 Å². The van der Waals surface area contributed by atoms with Gasteiger partial charge < -0.3 is 28.4 Å². The Labute approximate surface area is 241 Å². The molecule has 35 heavy (non-hydrogen) atoms. The Morgan fingerprint density at radius 3 is 2.09 bits per heavy atom. The first-order valence-corrected chi connectivity index (χ1v) is 12.4. The van der Waals surface area contributed by atoms with Gasteiger partial charge in [0.05, 0.1) is 30.5 Å². The van der Waals surface area contributed by atoms with Crippen molar-refractivity contribution in [3.8, 4) is 0 Å². The van der Waals surface area contributed by atoms with Crippen LogP contribution < -0.4 is 5.46 Å². The molecule has 1 aromatic carbocycles. The summed E-state index contributed by atoms with van der Waals surface area (Å²) in [7, 11) is 1.29. The van der Waals surface area contributed by atoms with E-state index >= 15 is 0 Å². The number of methoxy groups -OCH3 is 1. The summed E-state index contributed by atoms with van der Waals surface area (Å²) in [6, 6.07) is 8.36. The minimum absolute atomic E-state index is 0. The number of ether oxygens (including phenoxy) is 3. The maximum absolute atomic E-state index is 12.5. The maximum atomic E-state index is 12.5. The SMILES string of the molecule is COCCOC(c1ccc(B2OC(C)(C)C(C)(C)O2)cc1)C1CCN(C(=O)OC(C)(C)C)CC1.[Ar]. The second kappa shape index (κ2) is 12.5. The number of piperidine rings is 1. The Bertz CT molecular complexity index is 802. The van der Waals surface area contributed by atoms with Crippen molar-refractivity contribution >= 4 is 18.7 Å². The number of carbonyl (C=O) groups is 1. The zero-order valence-corrected chi connectivity index (χ0v) is 23.2. The average molecular weight is 515 g/mol. The van der Waals surface area contributed by atoms with E-state index in [1.54, 1.807) is 12.0 Å². The van der Waals surface area contributed by atoms with Crippen LogP contribution in [0.5, 0.6) is 0 Å².